The number of carbonyl (C=O) groups is 1. The molecule has 0 radical (unpaired) electrons. The largest absolute Gasteiger partial charge is 0.488 e. The van der Waals surface area contributed by atoms with Gasteiger partial charge in [0.25, 0.3) is 0 Å². The first-order valence-corrected chi connectivity index (χ1v) is 5.50. The summed E-state index contributed by atoms with van der Waals surface area (Å²) in [5.74, 6) is 0.420. The number of methoxy groups -OCH3 is 1. The van der Waals surface area contributed by atoms with E-state index in [0.29, 0.717) is 18.6 Å². The van der Waals surface area contributed by atoms with Crippen LogP contribution in [-0.4, -0.2) is 24.7 Å². The zero-order valence-corrected chi connectivity index (χ0v) is 10.4. The fraction of sp³-hybridized carbons (Fsp3) is 0.385. The maximum absolute atomic E-state index is 11.3. The van der Waals surface area contributed by atoms with Gasteiger partial charge in [-0.15, -0.1) is 0 Å². The monoisotopic (exact) mass is 235 g/mol. The molecule has 0 aromatic carbocycles. The predicted molar refractivity (Wildman–Crippen MR) is 64.9 cm³/mol. The first kappa shape index (κ1) is 13.2. The highest BCUT2D eigenvalue weighted by Crippen LogP contribution is 2.13. The second-order valence-electron chi connectivity index (χ2n) is 3.47. The van der Waals surface area contributed by atoms with Gasteiger partial charge in [0.15, 0.2) is 0 Å². The quantitative estimate of drug-likeness (QED) is 0.580. The molecule has 1 heterocycles. The van der Waals surface area contributed by atoms with Crippen molar-refractivity contribution >= 4 is 5.97 Å². The number of hydrogen-bond donors (Lipinski definition) is 0. The Morgan fingerprint density at radius 1 is 1.53 bits per heavy atom. The van der Waals surface area contributed by atoms with Crippen LogP contribution < -0.4 is 4.74 Å². The van der Waals surface area contributed by atoms with E-state index in [-0.39, 0.29) is 5.97 Å². The molecule has 0 aliphatic rings. The lowest BCUT2D eigenvalue weighted by Crippen LogP contribution is -2.06. The number of aromatic nitrogens is 1. The Morgan fingerprint density at radius 3 is 2.88 bits per heavy atom. The Hall–Kier alpha value is -1.84. The molecule has 4 nitrogen and oxygen atoms in total. The number of esters is 1. The number of hydrogen-bond acceptors (Lipinski definition) is 4. The molecule has 1 aromatic rings. The average molecular weight is 235 g/mol. The minimum Gasteiger partial charge on any atom is -0.488 e. The third-order valence-electron chi connectivity index (χ3n) is 2.36. The molecule has 0 aliphatic heterocycles. The summed E-state index contributed by atoms with van der Waals surface area (Å²) in [7, 11) is 1.37. The summed E-state index contributed by atoms with van der Waals surface area (Å²) in [6, 6.07) is 3.66. The molecule has 1 aromatic heterocycles. The summed E-state index contributed by atoms with van der Waals surface area (Å²) in [6.07, 6.45) is 4.07. The van der Waals surface area contributed by atoms with E-state index in [9.17, 15) is 4.79 Å². The van der Waals surface area contributed by atoms with Crippen LogP contribution in [0.2, 0.25) is 0 Å². The topological polar surface area (TPSA) is 48.4 Å². The molecular formula is C13H17NO3. The van der Waals surface area contributed by atoms with Gasteiger partial charge in [-0.2, -0.15) is 0 Å². The first-order valence-electron chi connectivity index (χ1n) is 5.50. The van der Waals surface area contributed by atoms with Crippen LogP contribution in [0.5, 0.6) is 5.75 Å². The maximum Gasteiger partial charge on any atom is 0.333 e. The van der Waals surface area contributed by atoms with E-state index >= 15 is 0 Å². The number of carbonyl (C=O) groups excluding carboxylic acids is 1. The second kappa shape index (κ2) is 6.68. The van der Waals surface area contributed by atoms with Crippen LogP contribution in [0.1, 0.15) is 19.0 Å². The van der Waals surface area contributed by atoms with E-state index in [1.54, 1.807) is 12.3 Å². The van der Waals surface area contributed by atoms with Crippen molar-refractivity contribution in [2.24, 2.45) is 0 Å². The van der Waals surface area contributed by atoms with Crippen molar-refractivity contribution in [3.05, 3.63) is 35.7 Å². The summed E-state index contributed by atoms with van der Waals surface area (Å²) >= 11 is 0. The molecule has 0 unspecified atom stereocenters. The third-order valence-corrected chi connectivity index (χ3v) is 2.36. The Morgan fingerprint density at radius 2 is 2.29 bits per heavy atom. The lowest BCUT2D eigenvalue weighted by atomic mass is 10.2. The van der Waals surface area contributed by atoms with Crippen LogP contribution in [0.4, 0.5) is 0 Å². The van der Waals surface area contributed by atoms with Gasteiger partial charge < -0.3 is 9.47 Å². The highest BCUT2D eigenvalue weighted by atomic mass is 16.5. The van der Waals surface area contributed by atoms with Gasteiger partial charge in [-0.1, -0.05) is 6.92 Å². The first-order chi connectivity index (χ1) is 8.19. The van der Waals surface area contributed by atoms with Gasteiger partial charge in [-0.05, 0) is 31.6 Å². The van der Waals surface area contributed by atoms with Crippen molar-refractivity contribution in [2.75, 3.05) is 13.7 Å². The minimum absolute atomic E-state index is 0.306. The zero-order valence-electron chi connectivity index (χ0n) is 10.4. The highest BCUT2D eigenvalue weighted by molar-refractivity contribution is 5.88. The zero-order chi connectivity index (χ0) is 12.7. The molecule has 0 bridgehead atoms. The molecule has 0 atom stereocenters. The lowest BCUT2D eigenvalue weighted by molar-refractivity contribution is -0.136. The molecule has 0 amide bonds. The van der Waals surface area contributed by atoms with Crippen LogP contribution in [0.25, 0.3) is 0 Å². The SMILES string of the molecule is CCC(=CCOc1cccnc1C)C(=O)OC. The summed E-state index contributed by atoms with van der Waals surface area (Å²) < 4.78 is 10.2. The summed E-state index contributed by atoms with van der Waals surface area (Å²) in [4.78, 5) is 15.4. The van der Waals surface area contributed by atoms with Gasteiger partial charge in [-0.25, -0.2) is 4.79 Å². The van der Waals surface area contributed by atoms with Crippen molar-refractivity contribution in [2.45, 2.75) is 20.3 Å². The molecule has 0 aliphatic carbocycles. The van der Waals surface area contributed by atoms with E-state index in [4.69, 9.17) is 4.74 Å². The van der Waals surface area contributed by atoms with E-state index in [2.05, 4.69) is 9.72 Å². The van der Waals surface area contributed by atoms with Crippen LogP contribution in [-0.2, 0) is 9.53 Å². The Labute approximate surface area is 101 Å². The van der Waals surface area contributed by atoms with Gasteiger partial charge in [0.05, 0.1) is 12.8 Å². The molecule has 0 spiro atoms. The third kappa shape index (κ3) is 3.90. The second-order valence-corrected chi connectivity index (χ2v) is 3.47. The normalized spacial score (nSPS) is 11.1. The predicted octanol–water partition coefficient (Wildman–Crippen LogP) is 2.28. The Kier molecular flexibility index (Phi) is 5.20. The minimum atomic E-state index is -0.306. The van der Waals surface area contributed by atoms with Crippen LogP contribution in [0, 0.1) is 6.92 Å². The summed E-state index contributed by atoms with van der Waals surface area (Å²) in [6.45, 7) is 4.11. The molecule has 0 saturated heterocycles. The van der Waals surface area contributed by atoms with Gasteiger partial charge in [0, 0.05) is 11.8 Å². The van der Waals surface area contributed by atoms with E-state index in [1.807, 2.05) is 26.0 Å². The molecule has 1 rings (SSSR count). The smallest absolute Gasteiger partial charge is 0.333 e. The summed E-state index contributed by atoms with van der Waals surface area (Å²) in [5, 5.41) is 0. The van der Waals surface area contributed by atoms with Crippen molar-refractivity contribution in [3.8, 4) is 5.75 Å². The molecule has 0 N–H and O–H groups in total. The lowest BCUT2D eigenvalue weighted by Gasteiger charge is -2.06. The van der Waals surface area contributed by atoms with Crippen LogP contribution in [0.15, 0.2) is 30.0 Å². The number of ether oxygens (including phenoxy) is 2. The Balaban J connectivity index is 2.59. The standard InChI is InChI=1S/C13H17NO3/c1-4-11(13(15)16-3)7-9-17-12-6-5-8-14-10(12)2/h5-8H,4,9H2,1-3H3. The average Bonchev–Trinajstić information content (AvgIpc) is 2.36. The molecule has 92 valence electrons. The van der Waals surface area contributed by atoms with Crippen molar-refractivity contribution in [1.82, 2.24) is 4.98 Å². The van der Waals surface area contributed by atoms with E-state index in [1.165, 1.54) is 7.11 Å². The molecule has 0 fully saturated rings. The van der Waals surface area contributed by atoms with Crippen LogP contribution >= 0.6 is 0 Å². The molecule has 4 heteroatoms. The van der Waals surface area contributed by atoms with Gasteiger partial charge in [-0.3, -0.25) is 4.98 Å². The summed E-state index contributed by atoms with van der Waals surface area (Å²) in [5.41, 5.74) is 1.45. The van der Waals surface area contributed by atoms with Gasteiger partial charge in [0.1, 0.15) is 12.4 Å². The van der Waals surface area contributed by atoms with E-state index < -0.39 is 0 Å². The Bertz CT molecular complexity index is 413. The number of pyridine rings is 1. The van der Waals surface area contributed by atoms with Crippen molar-refractivity contribution < 1.29 is 14.3 Å². The van der Waals surface area contributed by atoms with Crippen molar-refractivity contribution in [3.63, 3.8) is 0 Å². The molecular weight excluding hydrogens is 218 g/mol. The van der Waals surface area contributed by atoms with Crippen molar-refractivity contribution in [1.29, 1.82) is 0 Å². The number of nitrogens with zero attached hydrogens (tertiary/aromatic N) is 1. The fourth-order valence-corrected chi connectivity index (χ4v) is 1.36. The fourth-order valence-electron chi connectivity index (χ4n) is 1.36. The molecule has 17 heavy (non-hydrogen) atoms. The van der Waals surface area contributed by atoms with Gasteiger partial charge >= 0.3 is 5.97 Å². The number of aryl methyl sites for hydroxylation is 1. The molecule has 0 saturated carbocycles. The number of rotatable bonds is 5. The maximum atomic E-state index is 11.3. The van der Waals surface area contributed by atoms with Crippen LogP contribution in [0.3, 0.4) is 0 Å². The van der Waals surface area contributed by atoms with E-state index in [0.717, 1.165) is 11.4 Å². The van der Waals surface area contributed by atoms with Gasteiger partial charge in [0.2, 0.25) is 0 Å². The highest BCUT2D eigenvalue weighted by Gasteiger charge is 2.06.